The molecule has 9 heteroatoms. The molecule has 1 aromatic carbocycles. The molecular formula is C20H26N4O5. The fourth-order valence-corrected chi connectivity index (χ4v) is 2.75. The number of likely N-dealkylation sites (tertiary alicyclic amines) is 1. The van der Waals surface area contributed by atoms with Crippen LogP contribution in [0.5, 0.6) is 5.75 Å². The molecule has 1 aliphatic heterocycles. The summed E-state index contributed by atoms with van der Waals surface area (Å²) in [5, 5.41) is 8.99. The van der Waals surface area contributed by atoms with Gasteiger partial charge in [0.25, 0.3) is 5.91 Å². The summed E-state index contributed by atoms with van der Waals surface area (Å²) in [6.07, 6.45) is 0.569. The Kier molecular flexibility index (Phi) is 7.42. The molecule has 0 unspecified atom stereocenters. The van der Waals surface area contributed by atoms with Crippen LogP contribution < -0.4 is 15.6 Å². The molecule has 0 spiro atoms. The van der Waals surface area contributed by atoms with Crippen LogP contribution in [-0.2, 0) is 14.3 Å². The van der Waals surface area contributed by atoms with Crippen molar-refractivity contribution in [3.8, 4) is 11.8 Å². The molecule has 0 aliphatic carbocycles. The van der Waals surface area contributed by atoms with E-state index < -0.39 is 11.5 Å². The second-order valence-electron chi connectivity index (χ2n) is 7.68. The van der Waals surface area contributed by atoms with Crippen molar-refractivity contribution in [3.05, 3.63) is 29.8 Å². The van der Waals surface area contributed by atoms with E-state index in [2.05, 4.69) is 10.9 Å². The second-order valence-corrected chi connectivity index (χ2v) is 7.68. The number of amides is 3. The number of hydrazine groups is 1. The fraction of sp³-hybridized carbons (Fsp3) is 0.500. The van der Waals surface area contributed by atoms with E-state index in [0.29, 0.717) is 37.2 Å². The summed E-state index contributed by atoms with van der Waals surface area (Å²) in [7, 11) is 0. The van der Waals surface area contributed by atoms with Gasteiger partial charge in [0.1, 0.15) is 17.4 Å². The molecule has 1 fully saturated rings. The van der Waals surface area contributed by atoms with Gasteiger partial charge in [-0.1, -0.05) is 12.1 Å². The van der Waals surface area contributed by atoms with Crippen LogP contribution in [0.15, 0.2) is 24.3 Å². The Morgan fingerprint density at radius 2 is 1.83 bits per heavy atom. The maximum Gasteiger partial charge on any atom is 0.410 e. The maximum atomic E-state index is 12.2. The minimum Gasteiger partial charge on any atom is -0.482 e. The monoisotopic (exact) mass is 402 g/mol. The van der Waals surface area contributed by atoms with Gasteiger partial charge >= 0.3 is 6.09 Å². The number of ether oxygens (including phenoxy) is 2. The lowest BCUT2D eigenvalue weighted by atomic mass is 9.96. The predicted molar refractivity (Wildman–Crippen MR) is 103 cm³/mol. The lowest BCUT2D eigenvalue weighted by molar-refractivity contribution is -0.133. The fourth-order valence-electron chi connectivity index (χ4n) is 2.75. The van der Waals surface area contributed by atoms with Crippen molar-refractivity contribution in [1.82, 2.24) is 15.8 Å². The predicted octanol–water partition coefficient (Wildman–Crippen LogP) is 1.73. The van der Waals surface area contributed by atoms with E-state index in [4.69, 9.17) is 14.7 Å². The first-order chi connectivity index (χ1) is 13.7. The zero-order valence-electron chi connectivity index (χ0n) is 16.9. The summed E-state index contributed by atoms with van der Waals surface area (Å²) in [6.45, 7) is 5.89. The molecule has 29 heavy (non-hydrogen) atoms. The number of nitrogens with zero attached hydrogens (tertiary/aromatic N) is 2. The number of nitriles is 1. The van der Waals surface area contributed by atoms with Gasteiger partial charge in [-0.2, -0.15) is 5.26 Å². The van der Waals surface area contributed by atoms with Gasteiger partial charge in [-0.15, -0.1) is 0 Å². The average Bonchev–Trinajstić information content (AvgIpc) is 2.69. The minimum atomic E-state index is -0.564. The van der Waals surface area contributed by atoms with Gasteiger partial charge in [0, 0.05) is 19.0 Å². The number of para-hydroxylation sites is 1. The van der Waals surface area contributed by atoms with Crippen molar-refractivity contribution in [1.29, 1.82) is 5.26 Å². The van der Waals surface area contributed by atoms with Crippen molar-refractivity contribution in [3.63, 3.8) is 0 Å². The van der Waals surface area contributed by atoms with Crippen LogP contribution in [0.25, 0.3) is 0 Å². The van der Waals surface area contributed by atoms with Crippen LogP contribution in [0.2, 0.25) is 0 Å². The van der Waals surface area contributed by atoms with Gasteiger partial charge < -0.3 is 14.4 Å². The highest BCUT2D eigenvalue weighted by Crippen LogP contribution is 2.20. The normalized spacial score (nSPS) is 14.5. The van der Waals surface area contributed by atoms with Crippen LogP contribution in [0.3, 0.4) is 0 Å². The standard InChI is InChI=1S/C20H26N4O5/c1-20(2,3)29-19(27)24-10-8-14(9-11-24)18(26)23-22-17(25)13-28-16-7-5-4-6-15(16)12-21/h4-7,14H,8-11,13H2,1-3H3,(H,22,25)(H,23,26). The summed E-state index contributed by atoms with van der Waals surface area (Å²) in [5.41, 5.74) is 4.44. The summed E-state index contributed by atoms with van der Waals surface area (Å²) >= 11 is 0. The number of rotatable bonds is 4. The molecule has 1 aromatic rings. The zero-order valence-corrected chi connectivity index (χ0v) is 16.9. The Labute approximate surface area is 169 Å². The third-order valence-electron chi connectivity index (χ3n) is 4.21. The van der Waals surface area contributed by atoms with Gasteiger partial charge in [0.2, 0.25) is 5.91 Å². The number of carbonyl (C=O) groups is 3. The first-order valence-electron chi connectivity index (χ1n) is 9.38. The topological polar surface area (TPSA) is 121 Å². The molecule has 0 aromatic heterocycles. The van der Waals surface area contributed by atoms with Crippen molar-refractivity contribution >= 4 is 17.9 Å². The molecule has 156 valence electrons. The largest absolute Gasteiger partial charge is 0.482 e. The van der Waals surface area contributed by atoms with Gasteiger partial charge in [0.15, 0.2) is 6.61 Å². The van der Waals surface area contributed by atoms with E-state index in [1.165, 1.54) is 0 Å². The van der Waals surface area contributed by atoms with Gasteiger partial charge in [-0.05, 0) is 45.7 Å². The lowest BCUT2D eigenvalue weighted by Gasteiger charge is -2.32. The Morgan fingerprint density at radius 1 is 1.17 bits per heavy atom. The first-order valence-corrected chi connectivity index (χ1v) is 9.38. The van der Waals surface area contributed by atoms with Crippen LogP contribution in [0.4, 0.5) is 4.79 Å². The van der Waals surface area contributed by atoms with E-state index in [9.17, 15) is 14.4 Å². The Morgan fingerprint density at radius 3 is 2.45 bits per heavy atom. The SMILES string of the molecule is CC(C)(C)OC(=O)N1CCC(C(=O)NNC(=O)COc2ccccc2C#N)CC1. The molecule has 3 amide bonds. The van der Waals surface area contributed by atoms with E-state index in [1.807, 2.05) is 6.07 Å². The van der Waals surface area contributed by atoms with E-state index in [0.717, 1.165) is 0 Å². The molecular weight excluding hydrogens is 376 g/mol. The highest BCUT2D eigenvalue weighted by atomic mass is 16.6. The van der Waals surface area contributed by atoms with Gasteiger partial charge in [0.05, 0.1) is 5.56 Å². The molecule has 9 nitrogen and oxygen atoms in total. The first kappa shape index (κ1) is 22.0. The molecule has 1 saturated heterocycles. The van der Waals surface area contributed by atoms with Crippen LogP contribution in [-0.4, -0.2) is 48.1 Å². The number of benzene rings is 1. The summed E-state index contributed by atoms with van der Waals surface area (Å²) < 4.78 is 10.6. The van der Waals surface area contributed by atoms with Crippen molar-refractivity contribution in [2.45, 2.75) is 39.2 Å². The highest BCUT2D eigenvalue weighted by molar-refractivity contribution is 5.84. The third kappa shape index (κ3) is 6.99. The Bertz CT molecular complexity index is 789. The van der Waals surface area contributed by atoms with E-state index in [-0.39, 0.29) is 24.5 Å². The summed E-state index contributed by atoms with van der Waals surface area (Å²) in [5.74, 6) is -0.878. The summed E-state index contributed by atoms with van der Waals surface area (Å²) in [4.78, 5) is 37.7. The number of nitrogens with one attached hydrogen (secondary N) is 2. The highest BCUT2D eigenvalue weighted by Gasteiger charge is 2.30. The van der Waals surface area contributed by atoms with Gasteiger partial charge in [-0.25, -0.2) is 4.79 Å². The van der Waals surface area contributed by atoms with Crippen molar-refractivity contribution in [2.75, 3.05) is 19.7 Å². The molecule has 1 heterocycles. The van der Waals surface area contributed by atoms with Crippen molar-refractivity contribution < 1.29 is 23.9 Å². The maximum absolute atomic E-state index is 12.2. The second kappa shape index (κ2) is 9.78. The summed E-state index contributed by atoms with van der Waals surface area (Å²) in [6, 6.07) is 8.53. The van der Waals surface area contributed by atoms with Crippen molar-refractivity contribution in [2.24, 2.45) is 5.92 Å². The third-order valence-corrected chi connectivity index (χ3v) is 4.21. The molecule has 2 N–H and O–H groups in total. The number of piperidine rings is 1. The zero-order chi connectivity index (χ0) is 21.4. The Hall–Kier alpha value is -3.28. The van der Waals surface area contributed by atoms with Crippen LogP contribution in [0.1, 0.15) is 39.2 Å². The molecule has 0 saturated carbocycles. The van der Waals surface area contributed by atoms with E-state index in [1.54, 1.807) is 49.9 Å². The number of carbonyl (C=O) groups excluding carboxylic acids is 3. The molecule has 0 radical (unpaired) electrons. The molecule has 0 atom stereocenters. The van der Waals surface area contributed by atoms with Crippen LogP contribution >= 0.6 is 0 Å². The Balaban J connectivity index is 1.71. The lowest BCUT2D eigenvalue weighted by Crippen LogP contribution is -2.49. The smallest absolute Gasteiger partial charge is 0.410 e. The number of hydrogen-bond acceptors (Lipinski definition) is 6. The van der Waals surface area contributed by atoms with Crippen LogP contribution in [0, 0.1) is 17.2 Å². The van der Waals surface area contributed by atoms with Gasteiger partial charge in [-0.3, -0.25) is 20.4 Å². The minimum absolute atomic E-state index is 0.297. The molecule has 0 bridgehead atoms. The van der Waals surface area contributed by atoms with E-state index >= 15 is 0 Å². The molecule has 1 aliphatic rings. The molecule has 2 rings (SSSR count). The number of hydrogen-bond donors (Lipinski definition) is 2. The average molecular weight is 402 g/mol. The quantitative estimate of drug-likeness (QED) is 0.740.